The molecule has 1 saturated heterocycles. The van der Waals surface area contributed by atoms with E-state index in [1.165, 1.54) is 218 Å². The van der Waals surface area contributed by atoms with Crippen LogP contribution in [-0.4, -0.2) is 87.5 Å². The van der Waals surface area contributed by atoms with Gasteiger partial charge in [-0.15, -0.1) is 0 Å². The molecule has 1 fully saturated rings. The predicted molar refractivity (Wildman–Crippen MR) is 332 cm³/mol. The third-order valence-electron chi connectivity index (χ3n) is 15.5. The Hall–Kier alpha value is -2.37. The van der Waals surface area contributed by atoms with Crippen LogP contribution in [0.3, 0.4) is 0 Å². The summed E-state index contributed by atoms with van der Waals surface area (Å²) in [7, 11) is 0. The van der Waals surface area contributed by atoms with Gasteiger partial charge in [0.25, 0.3) is 0 Å². The first-order valence-corrected chi connectivity index (χ1v) is 33.2. The van der Waals surface area contributed by atoms with Crippen LogP contribution in [0.4, 0.5) is 0 Å². The smallest absolute Gasteiger partial charge is 0.220 e. The number of hydrogen-bond acceptors (Lipinski definition) is 8. The van der Waals surface area contributed by atoms with E-state index < -0.39 is 49.5 Å². The summed E-state index contributed by atoms with van der Waals surface area (Å²) < 4.78 is 11.3. The number of nitrogens with one attached hydrogen (secondary N) is 1. The lowest BCUT2D eigenvalue weighted by Crippen LogP contribution is -2.60. The number of carbonyl (C=O) groups excluding carboxylic acids is 1. The van der Waals surface area contributed by atoms with Crippen LogP contribution >= 0.6 is 0 Å². The first kappa shape index (κ1) is 73.6. The van der Waals surface area contributed by atoms with Gasteiger partial charge in [0, 0.05) is 6.42 Å². The van der Waals surface area contributed by atoms with Gasteiger partial charge in [0.2, 0.25) is 5.91 Å². The maximum absolute atomic E-state index is 13.1. The minimum atomic E-state index is -1.58. The van der Waals surface area contributed by atoms with Crippen molar-refractivity contribution >= 4 is 5.91 Å². The molecule has 0 spiro atoms. The van der Waals surface area contributed by atoms with Gasteiger partial charge in [0.05, 0.1) is 25.4 Å². The summed E-state index contributed by atoms with van der Waals surface area (Å²) >= 11 is 0. The Morgan fingerprint density at radius 1 is 0.436 bits per heavy atom. The molecule has 0 aromatic rings. The molecule has 6 N–H and O–H groups in total. The number of amides is 1. The number of aliphatic hydroxyl groups is 5. The molecule has 1 heterocycles. The Bertz CT molecular complexity index is 1460. The van der Waals surface area contributed by atoms with Crippen LogP contribution in [0.5, 0.6) is 0 Å². The highest BCUT2D eigenvalue weighted by Crippen LogP contribution is 2.23. The molecule has 7 unspecified atom stereocenters. The maximum Gasteiger partial charge on any atom is 0.220 e. The van der Waals surface area contributed by atoms with Gasteiger partial charge in [-0.05, 0) is 83.5 Å². The molecule has 0 aliphatic carbocycles. The van der Waals surface area contributed by atoms with Gasteiger partial charge in [0.1, 0.15) is 24.4 Å². The fraction of sp³-hybridized carbons (Fsp3) is 0.812. The first-order valence-electron chi connectivity index (χ1n) is 33.2. The van der Waals surface area contributed by atoms with Gasteiger partial charge >= 0.3 is 0 Å². The molecule has 0 saturated carbocycles. The normalized spacial score (nSPS) is 19.1. The van der Waals surface area contributed by atoms with Crippen molar-refractivity contribution in [2.24, 2.45) is 0 Å². The summed E-state index contributed by atoms with van der Waals surface area (Å²) in [5, 5.41) is 54.5. The first-order chi connectivity index (χ1) is 38.3. The van der Waals surface area contributed by atoms with E-state index in [2.05, 4.69) is 79.9 Å². The standard InChI is InChI=1S/C69H125NO8/c1-3-5-7-9-11-13-15-17-19-21-22-23-24-25-26-27-28-29-30-31-32-33-34-35-36-37-38-39-40-41-42-43-45-47-49-51-53-55-57-59-65(73)70-62(61-77-69-68(76)67(75)66(74)64(60-71)78-69)63(72)58-56-54-52-50-48-46-44-20-18-16-14-12-10-8-6-4-2/h15,17-18,20-22,24-25,48,50,56,58,62-64,66-69,71-72,74-76H,3-14,16,19,23,26-47,49,51-55,57,59-61H2,1-2H3,(H,70,73)/b17-15-,20-18+,22-21-,25-24-,50-48+,58-56+. The average Bonchev–Trinajstić information content (AvgIpc) is 3.45. The molecular formula is C69H125NO8. The van der Waals surface area contributed by atoms with Crippen molar-refractivity contribution in [3.8, 4) is 0 Å². The Morgan fingerprint density at radius 2 is 0.769 bits per heavy atom. The molecule has 0 radical (unpaired) electrons. The van der Waals surface area contributed by atoms with E-state index in [9.17, 15) is 30.3 Å². The molecule has 78 heavy (non-hydrogen) atoms. The van der Waals surface area contributed by atoms with E-state index in [4.69, 9.17) is 9.47 Å². The molecule has 9 heteroatoms. The third kappa shape index (κ3) is 46.3. The van der Waals surface area contributed by atoms with Crippen LogP contribution in [0.1, 0.15) is 303 Å². The number of allylic oxidation sites excluding steroid dienone is 11. The molecule has 1 aliphatic rings. The number of aliphatic hydroxyl groups excluding tert-OH is 5. The zero-order valence-corrected chi connectivity index (χ0v) is 50.7. The summed E-state index contributed by atoms with van der Waals surface area (Å²) in [6.07, 6.45) is 74.4. The van der Waals surface area contributed by atoms with Gasteiger partial charge in [0.15, 0.2) is 6.29 Å². The Balaban J connectivity index is 2.07. The van der Waals surface area contributed by atoms with Gasteiger partial charge in [-0.2, -0.15) is 0 Å². The van der Waals surface area contributed by atoms with Crippen molar-refractivity contribution in [1.82, 2.24) is 5.32 Å². The Morgan fingerprint density at radius 3 is 1.17 bits per heavy atom. The molecular weight excluding hydrogens is 971 g/mol. The molecule has 0 aromatic heterocycles. The van der Waals surface area contributed by atoms with E-state index in [0.717, 1.165) is 64.2 Å². The molecule has 454 valence electrons. The van der Waals surface area contributed by atoms with Gasteiger partial charge in [-0.3, -0.25) is 4.79 Å². The number of rotatable bonds is 57. The van der Waals surface area contributed by atoms with E-state index in [0.29, 0.717) is 6.42 Å². The van der Waals surface area contributed by atoms with Gasteiger partial charge < -0.3 is 40.3 Å². The highest BCUT2D eigenvalue weighted by molar-refractivity contribution is 5.76. The Kier molecular flexibility index (Phi) is 54.6. The third-order valence-corrected chi connectivity index (χ3v) is 15.5. The van der Waals surface area contributed by atoms with Crippen LogP contribution in [0.25, 0.3) is 0 Å². The second-order valence-electron chi connectivity index (χ2n) is 22.9. The quantitative estimate of drug-likeness (QED) is 0.0261. The van der Waals surface area contributed by atoms with E-state index in [1.54, 1.807) is 6.08 Å². The van der Waals surface area contributed by atoms with Crippen molar-refractivity contribution in [1.29, 1.82) is 0 Å². The summed E-state index contributed by atoms with van der Waals surface area (Å²) in [5.41, 5.74) is 0. The van der Waals surface area contributed by atoms with Crippen LogP contribution < -0.4 is 5.32 Å². The summed E-state index contributed by atoms with van der Waals surface area (Å²) in [4.78, 5) is 13.1. The van der Waals surface area contributed by atoms with Crippen molar-refractivity contribution in [3.05, 3.63) is 72.9 Å². The highest BCUT2D eigenvalue weighted by atomic mass is 16.7. The lowest BCUT2D eigenvalue weighted by molar-refractivity contribution is -0.302. The highest BCUT2D eigenvalue weighted by Gasteiger charge is 2.44. The van der Waals surface area contributed by atoms with Crippen LogP contribution in [0.15, 0.2) is 72.9 Å². The number of carbonyl (C=O) groups is 1. The second kappa shape index (κ2) is 57.8. The van der Waals surface area contributed by atoms with Crippen LogP contribution in [0.2, 0.25) is 0 Å². The monoisotopic (exact) mass is 1100 g/mol. The molecule has 0 bridgehead atoms. The van der Waals surface area contributed by atoms with Crippen molar-refractivity contribution < 1.29 is 39.8 Å². The molecule has 1 amide bonds. The summed E-state index contributed by atoms with van der Waals surface area (Å²) in [6.45, 7) is 3.75. The molecule has 9 nitrogen and oxygen atoms in total. The van der Waals surface area contributed by atoms with Crippen LogP contribution in [0, 0.1) is 0 Å². The average molecular weight is 1100 g/mol. The molecule has 7 atom stereocenters. The van der Waals surface area contributed by atoms with E-state index in [-0.39, 0.29) is 12.5 Å². The fourth-order valence-corrected chi connectivity index (χ4v) is 10.3. The van der Waals surface area contributed by atoms with Crippen molar-refractivity contribution in [2.45, 2.75) is 346 Å². The number of unbranched alkanes of at least 4 members (excludes halogenated alkanes) is 37. The zero-order valence-electron chi connectivity index (χ0n) is 50.7. The largest absolute Gasteiger partial charge is 0.394 e. The number of hydrogen-bond donors (Lipinski definition) is 6. The second-order valence-corrected chi connectivity index (χ2v) is 22.9. The van der Waals surface area contributed by atoms with Crippen molar-refractivity contribution in [2.75, 3.05) is 13.2 Å². The SMILES string of the molecule is CCCCCCC/C=C\C/C=C\C/C=C\CCCCCCCCCCCCCCCCCCCCCCCCCCC(=O)NC(COC1OC(CO)C(O)C(O)C1O)C(O)/C=C/CC/C=C/CC/C=C/CCCCCCCC. The predicted octanol–water partition coefficient (Wildman–Crippen LogP) is 17.6. The minimum Gasteiger partial charge on any atom is -0.394 e. The van der Waals surface area contributed by atoms with Gasteiger partial charge in [-0.25, -0.2) is 0 Å². The zero-order chi connectivity index (χ0) is 56.5. The van der Waals surface area contributed by atoms with Gasteiger partial charge in [-0.1, -0.05) is 286 Å². The van der Waals surface area contributed by atoms with E-state index in [1.807, 2.05) is 6.08 Å². The molecule has 1 rings (SSSR count). The fourth-order valence-electron chi connectivity index (χ4n) is 10.3. The lowest BCUT2D eigenvalue weighted by atomic mass is 9.99. The van der Waals surface area contributed by atoms with Crippen LogP contribution in [-0.2, 0) is 14.3 Å². The topological polar surface area (TPSA) is 149 Å². The molecule has 1 aliphatic heterocycles. The maximum atomic E-state index is 13.1. The van der Waals surface area contributed by atoms with E-state index >= 15 is 0 Å². The van der Waals surface area contributed by atoms with Crippen molar-refractivity contribution in [3.63, 3.8) is 0 Å². The minimum absolute atomic E-state index is 0.188. The Labute approximate surface area is 480 Å². The summed E-state index contributed by atoms with van der Waals surface area (Å²) in [5.74, 6) is -0.188. The molecule has 0 aromatic carbocycles. The summed E-state index contributed by atoms with van der Waals surface area (Å²) in [6, 6.07) is -0.829. The number of ether oxygens (including phenoxy) is 2. The lowest BCUT2D eigenvalue weighted by Gasteiger charge is -2.40.